The van der Waals surface area contributed by atoms with E-state index in [0.717, 1.165) is 16.9 Å². The largest absolute Gasteiger partial charge is 0.310 e. The predicted octanol–water partition coefficient (Wildman–Crippen LogP) is 5.53. The first kappa shape index (κ1) is 18.1. The van der Waals surface area contributed by atoms with E-state index in [1.807, 2.05) is 73.0 Å². The highest BCUT2D eigenvalue weighted by atomic mass is 35.5. The number of imidazole rings is 1. The number of carbonyl (C=O) groups is 1. The number of amides is 1. The summed E-state index contributed by atoms with van der Waals surface area (Å²) in [6.45, 7) is 4.09. The molecule has 3 aromatic rings. The highest BCUT2D eigenvalue weighted by Gasteiger charge is 2.60. The van der Waals surface area contributed by atoms with E-state index >= 15 is 0 Å². The van der Waals surface area contributed by atoms with Gasteiger partial charge < -0.3 is 5.32 Å². The number of nitrogens with zero attached hydrogens (tertiary/aromatic N) is 2. The Bertz CT molecular complexity index is 1040. The van der Waals surface area contributed by atoms with E-state index in [2.05, 4.69) is 5.32 Å². The first-order chi connectivity index (χ1) is 12.9. The molecule has 0 unspecified atom stereocenters. The lowest BCUT2D eigenvalue weighted by molar-refractivity contribution is -0.118. The van der Waals surface area contributed by atoms with E-state index in [1.165, 1.54) is 0 Å². The minimum atomic E-state index is -0.192. The van der Waals surface area contributed by atoms with E-state index in [-0.39, 0.29) is 27.6 Å². The van der Waals surface area contributed by atoms with Gasteiger partial charge >= 0.3 is 0 Å². The van der Waals surface area contributed by atoms with Gasteiger partial charge in [0.2, 0.25) is 5.91 Å². The number of anilines is 1. The van der Waals surface area contributed by atoms with Crippen molar-refractivity contribution in [1.29, 1.82) is 0 Å². The maximum atomic E-state index is 13.0. The van der Waals surface area contributed by atoms with Crippen LogP contribution in [-0.4, -0.2) is 15.3 Å². The van der Waals surface area contributed by atoms with Gasteiger partial charge in [0.1, 0.15) is 21.7 Å². The zero-order valence-corrected chi connectivity index (χ0v) is 16.5. The van der Waals surface area contributed by atoms with Crippen LogP contribution >= 0.6 is 23.2 Å². The van der Waals surface area contributed by atoms with Crippen LogP contribution in [0.15, 0.2) is 65.3 Å². The van der Waals surface area contributed by atoms with Crippen LogP contribution < -0.4 is 5.32 Å². The van der Waals surface area contributed by atoms with Gasteiger partial charge in [0.15, 0.2) is 0 Å². The fourth-order valence-electron chi connectivity index (χ4n) is 3.73. The van der Waals surface area contributed by atoms with Crippen LogP contribution in [0.25, 0.3) is 16.9 Å². The second-order valence-electron chi connectivity index (χ2n) is 7.37. The van der Waals surface area contributed by atoms with Crippen LogP contribution in [0.2, 0.25) is 0 Å². The van der Waals surface area contributed by atoms with Gasteiger partial charge in [0.05, 0.1) is 5.92 Å². The van der Waals surface area contributed by atoms with Gasteiger partial charge in [0, 0.05) is 11.8 Å². The number of rotatable bonds is 4. The molecule has 2 heterocycles. The summed E-state index contributed by atoms with van der Waals surface area (Å²) < 4.78 is 2.10. The van der Waals surface area contributed by atoms with Crippen molar-refractivity contribution >= 4 is 40.6 Å². The molecule has 1 aliphatic carbocycles. The summed E-state index contributed by atoms with van der Waals surface area (Å²) >= 11 is 11.6. The van der Waals surface area contributed by atoms with Crippen molar-refractivity contribution in [3.63, 3.8) is 0 Å². The minimum absolute atomic E-state index is 0.0156. The molecule has 0 saturated heterocycles. The van der Waals surface area contributed by atoms with Crippen LogP contribution in [0.4, 0.5) is 5.82 Å². The van der Waals surface area contributed by atoms with Crippen molar-refractivity contribution in [1.82, 2.24) is 9.38 Å². The zero-order valence-electron chi connectivity index (χ0n) is 15.0. The summed E-state index contributed by atoms with van der Waals surface area (Å²) in [5.41, 5.74) is 2.29. The number of carbonyl (C=O) groups excluding carboxylic acids is 1. The summed E-state index contributed by atoms with van der Waals surface area (Å²) in [5.74, 6) is 0.438. The molecule has 1 aromatic carbocycles. The number of nitrogens with one attached hydrogen (secondary N) is 1. The molecule has 138 valence electrons. The number of fused-ring (bicyclic) bond motifs is 1. The fraction of sp³-hybridized carbons (Fsp3) is 0.238. The number of aromatic nitrogens is 2. The molecule has 0 radical (unpaired) electrons. The Morgan fingerprint density at radius 3 is 2.56 bits per heavy atom. The lowest BCUT2D eigenvalue weighted by Crippen LogP contribution is -2.18. The first-order valence-electron chi connectivity index (χ1n) is 8.76. The van der Waals surface area contributed by atoms with Crippen LogP contribution in [-0.2, 0) is 4.79 Å². The monoisotopic (exact) mass is 399 g/mol. The molecule has 2 atom stereocenters. The third kappa shape index (κ3) is 3.24. The molecule has 0 bridgehead atoms. The topological polar surface area (TPSA) is 46.4 Å². The standard InChI is InChI=1S/C21H19Cl2N3O/c1-21(2)14(12-15(22)23)17(21)20(27)25-19-18(13-8-4-3-5-9-13)24-16-10-6-7-11-26(16)19/h3-12,14,17H,1-2H3,(H,25,27)/t14-,17-/m0/s1. The minimum Gasteiger partial charge on any atom is -0.310 e. The molecule has 0 spiro atoms. The quantitative estimate of drug-likeness (QED) is 0.626. The summed E-state index contributed by atoms with van der Waals surface area (Å²) in [7, 11) is 0. The molecule has 6 heteroatoms. The van der Waals surface area contributed by atoms with E-state index < -0.39 is 0 Å². The molecule has 1 fully saturated rings. The van der Waals surface area contributed by atoms with Crippen molar-refractivity contribution in [3.05, 3.63) is 65.3 Å². The van der Waals surface area contributed by atoms with Crippen LogP contribution in [0.5, 0.6) is 0 Å². The number of halogens is 2. The average Bonchev–Trinajstić information content (AvgIpc) is 2.99. The highest BCUT2D eigenvalue weighted by Crippen LogP contribution is 2.60. The van der Waals surface area contributed by atoms with Crippen molar-refractivity contribution in [2.24, 2.45) is 17.3 Å². The molecule has 1 aliphatic rings. The predicted molar refractivity (Wildman–Crippen MR) is 110 cm³/mol. The summed E-state index contributed by atoms with van der Waals surface area (Å²) in [6, 6.07) is 15.6. The first-order valence-corrected chi connectivity index (χ1v) is 9.51. The Labute approximate surface area is 167 Å². The van der Waals surface area contributed by atoms with Gasteiger partial charge in [-0.1, -0.05) is 73.4 Å². The van der Waals surface area contributed by atoms with E-state index in [9.17, 15) is 4.79 Å². The van der Waals surface area contributed by atoms with Gasteiger partial charge in [0.25, 0.3) is 0 Å². The number of hydrogen-bond donors (Lipinski definition) is 1. The van der Waals surface area contributed by atoms with Crippen LogP contribution in [0.3, 0.4) is 0 Å². The lowest BCUT2D eigenvalue weighted by atomic mass is 10.1. The van der Waals surface area contributed by atoms with Gasteiger partial charge in [-0.25, -0.2) is 4.98 Å². The average molecular weight is 400 g/mol. The number of benzene rings is 1. The fourth-order valence-corrected chi connectivity index (χ4v) is 4.00. The van der Waals surface area contributed by atoms with Gasteiger partial charge in [-0.2, -0.15) is 0 Å². The second-order valence-corrected chi connectivity index (χ2v) is 8.38. The molecule has 4 rings (SSSR count). The van der Waals surface area contributed by atoms with Crippen molar-refractivity contribution in [2.45, 2.75) is 13.8 Å². The van der Waals surface area contributed by atoms with Crippen molar-refractivity contribution < 1.29 is 4.79 Å². The Morgan fingerprint density at radius 2 is 1.85 bits per heavy atom. The number of hydrogen-bond acceptors (Lipinski definition) is 2. The Balaban J connectivity index is 1.72. The molecule has 0 aliphatic heterocycles. The van der Waals surface area contributed by atoms with Gasteiger partial charge in [-0.05, 0) is 29.5 Å². The molecular weight excluding hydrogens is 381 g/mol. The smallest absolute Gasteiger partial charge is 0.229 e. The molecular formula is C21H19Cl2N3O. The molecule has 2 aromatic heterocycles. The van der Waals surface area contributed by atoms with Crippen LogP contribution in [0.1, 0.15) is 13.8 Å². The third-order valence-electron chi connectivity index (χ3n) is 5.32. The van der Waals surface area contributed by atoms with Gasteiger partial charge in [-0.3, -0.25) is 9.20 Å². The summed E-state index contributed by atoms with van der Waals surface area (Å²) in [6.07, 6.45) is 3.65. The van der Waals surface area contributed by atoms with Crippen molar-refractivity contribution in [2.75, 3.05) is 5.32 Å². The van der Waals surface area contributed by atoms with E-state index in [4.69, 9.17) is 28.2 Å². The Morgan fingerprint density at radius 1 is 1.15 bits per heavy atom. The lowest BCUT2D eigenvalue weighted by Gasteiger charge is -2.08. The maximum Gasteiger partial charge on any atom is 0.229 e. The molecule has 1 amide bonds. The normalized spacial score (nSPS) is 20.3. The van der Waals surface area contributed by atoms with E-state index in [0.29, 0.717) is 5.82 Å². The molecule has 1 N–H and O–H groups in total. The summed E-state index contributed by atoms with van der Waals surface area (Å²) in [4.78, 5) is 17.8. The van der Waals surface area contributed by atoms with Crippen molar-refractivity contribution in [3.8, 4) is 11.3 Å². The van der Waals surface area contributed by atoms with Crippen LogP contribution in [0, 0.1) is 17.3 Å². The second kappa shape index (κ2) is 6.70. The SMILES string of the molecule is CC1(C)[C@H](C(=O)Nc2c(-c3ccccc3)nc3ccccn23)[C@@H]1C=C(Cl)Cl. The zero-order chi connectivity index (χ0) is 19.2. The number of allylic oxidation sites excluding steroid dienone is 1. The summed E-state index contributed by atoms with van der Waals surface area (Å²) in [5, 5.41) is 3.10. The third-order valence-corrected chi connectivity index (χ3v) is 5.57. The van der Waals surface area contributed by atoms with Gasteiger partial charge in [-0.15, -0.1) is 0 Å². The molecule has 1 saturated carbocycles. The molecule has 27 heavy (non-hydrogen) atoms. The number of pyridine rings is 1. The maximum absolute atomic E-state index is 13.0. The van der Waals surface area contributed by atoms with E-state index in [1.54, 1.807) is 6.08 Å². The Kier molecular flexibility index (Phi) is 4.49. The highest BCUT2D eigenvalue weighted by molar-refractivity contribution is 6.55. The molecule has 4 nitrogen and oxygen atoms in total. The Hall–Kier alpha value is -2.30.